The zero-order valence-electron chi connectivity index (χ0n) is 16.8. The summed E-state index contributed by atoms with van der Waals surface area (Å²) >= 11 is 1.38. The highest BCUT2D eigenvalue weighted by Gasteiger charge is 2.33. The second-order valence-electron chi connectivity index (χ2n) is 8.77. The Kier molecular flexibility index (Phi) is 6.19. The van der Waals surface area contributed by atoms with Gasteiger partial charge < -0.3 is 15.5 Å². The number of amides is 3. The van der Waals surface area contributed by atoms with Crippen molar-refractivity contribution in [2.75, 3.05) is 13.1 Å². The molecule has 28 heavy (non-hydrogen) atoms. The number of urea groups is 1. The van der Waals surface area contributed by atoms with Crippen molar-refractivity contribution in [1.29, 1.82) is 0 Å². The predicted molar refractivity (Wildman–Crippen MR) is 111 cm³/mol. The van der Waals surface area contributed by atoms with E-state index >= 15 is 0 Å². The molecule has 3 amide bonds. The molecule has 1 aromatic heterocycles. The van der Waals surface area contributed by atoms with Gasteiger partial charge in [-0.2, -0.15) is 0 Å². The highest BCUT2D eigenvalue weighted by molar-refractivity contribution is 7.11. The number of hydrogen-bond acceptors (Lipinski definition) is 4. The summed E-state index contributed by atoms with van der Waals surface area (Å²) in [6.07, 6.45) is 10.7. The van der Waals surface area contributed by atoms with Gasteiger partial charge in [0.2, 0.25) is 0 Å². The van der Waals surface area contributed by atoms with Crippen LogP contribution >= 0.6 is 11.3 Å². The van der Waals surface area contributed by atoms with Crippen molar-refractivity contribution >= 4 is 23.3 Å². The van der Waals surface area contributed by atoms with Crippen molar-refractivity contribution in [3.8, 4) is 0 Å². The molecule has 0 bridgehead atoms. The summed E-state index contributed by atoms with van der Waals surface area (Å²) in [5.74, 6) is 1.69. The zero-order valence-corrected chi connectivity index (χ0v) is 17.6. The molecule has 2 aliphatic carbocycles. The Morgan fingerprint density at radius 2 is 1.75 bits per heavy atom. The first kappa shape index (κ1) is 19.7. The van der Waals surface area contributed by atoms with E-state index in [1.807, 2.05) is 11.8 Å². The summed E-state index contributed by atoms with van der Waals surface area (Å²) in [6, 6.07) is 0.566. The van der Waals surface area contributed by atoms with E-state index in [0.717, 1.165) is 43.2 Å². The minimum absolute atomic E-state index is 0.0351. The molecule has 0 radical (unpaired) electrons. The first-order chi connectivity index (χ1) is 13.6. The third kappa shape index (κ3) is 4.50. The summed E-state index contributed by atoms with van der Waals surface area (Å²) in [5, 5.41) is 6.41. The van der Waals surface area contributed by atoms with Crippen LogP contribution < -0.4 is 10.6 Å². The average molecular weight is 405 g/mol. The lowest BCUT2D eigenvalue weighted by atomic mass is 9.69. The molecule has 0 aromatic carbocycles. The van der Waals surface area contributed by atoms with E-state index < -0.39 is 0 Å². The summed E-state index contributed by atoms with van der Waals surface area (Å²) in [4.78, 5) is 31.8. The molecule has 6 nitrogen and oxygen atoms in total. The van der Waals surface area contributed by atoms with Gasteiger partial charge in [0.25, 0.3) is 5.91 Å². The van der Waals surface area contributed by atoms with Crippen LogP contribution in [0.5, 0.6) is 0 Å². The van der Waals surface area contributed by atoms with E-state index in [1.165, 1.54) is 43.4 Å². The Labute approximate surface area is 171 Å². The third-order valence-electron chi connectivity index (χ3n) is 6.94. The third-order valence-corrected chi connectivity index (χ3v) is 7.86. The monoisotopic (exact) mass is 404 g/mol. The lowest BCUT2D eigenvalue weighted by Gasteiger charge is -2.40. The van der Waals surface area contributed by atoms with Gasteiger partial charge in [0.1, 0.15) is 4.88 Å². The van der Waals surface area contributed by atoms with E-state index in [1.54, 1.807) is 5.51 Å². The van der Waals surface area contributed by atoms with E-state index in [0.29, 0.717) is 24.0 Å². The number of likely N-dealkylation sites (tertiary alicyclic amines) is 1. The van der Waals surface area contributed by atoms with Gasteiger partial charge in [0.05, 0.1) is 11.2 Å². The van der Waals surface area contributed by atoms with Gasteiger partial charge in [0.15, 0.2) is 0 Å². The Morgan fingerprint density at radius 1 is 1.00 bits per heavy atom. The maximum Gasteiger partial charge on any atom is 0.317 e. The summed E-state index contributed by atoms with van der Waals surface area (Å²) in [7, 11) is 0. The molecule has 3 atom stereocenters. The number of nitrogens with zero attached hydrogens (tertiary/aromatic N) is 2. The summed E-state index contributed by atoms with van der Waals surface area (Å²) < 4.78 is 0. The van der Waals surface area contributed by atoms with Crippen molar-refractivity contribution in [2.24, 2.45) is 11.8 Å². The molecule has 4 rings (SSSR count). The Hall–Kier alpha value is -1.63. The number of carbonyl (C=O) groups is 2. The molecule has 154 valence electrons. The number of aryl methyl sites for hydroxylation is 1. The molecule has 2 saturated carbocycles. The van der Waals surface area contributed by atoms with Gasteiger partial charge in [-0.15, -0.1) is 11.3 Å². The van der Waals surface area contributed by atoms with E-state index in [2.05, 4.69) is 15.6 Å². The quantitative estimate of drug-likeness (QED) is 0.806. The fourth-order valence-corrected chi connectivity index (χ4v) is 5.97. The normalized spacial score (nSPS) is 28.5. The molecule has 2 N–H and O–H groups in total. The second-order valence-corrected chi connectivity index (χ2v) is 9.62. The summed E-state index contributed by atoms with van der Waals surface area (Å²) in [5.41, 5.74) is 2.49. The van der Waals surface area contributed by atoms with Crippen molar-refractivity contribution in [3.05, 3.63) is 16.1 Å². The summed E-state index contributed by atoms with van der Waals surface area (Å²) in [6.45, 7) is 3.27. The van der Waals surface area contributed by atoms with Crippen LogP contribution in [0.25, 0.3) is 0 Å². The maximum absolute atomic E-state index is 12.7. The minimum Gasteiger partial charge on any atom is -0.348 e. The molecule has 1 aromatic rings. The molecular formula is C21H32N4O2S. The standard InChI is InChI=1S/C21H32N4O2S/c1-14-19(28-13-22-14)20(26)23-17-8-10-25(11-9-17)21(27)24-18-7-6-15-4-2-3-5-16(15)12-18/h13,15-18H,2-12H2,1H3,(H,23,26)(H,24,27)/t15-,16-,18-/m1/s1. The van der Waals surface area contributed by atoms with E-state index in [4.69, 9.17) is 0 Å². The molecule has 3 fully saturated rings. The van der Waals surface area contributed by atoms with Crippen LogP contribution in [0.1, 0.15) is 73.2 Å². The Bertz CT molecular complexity index is 698. The van der Waals surface area contributed by atoms with Crippen LogP contribution in [0.2, 0.25) is 0 Å². The van der Waals surface area contributed by atoms with Crippen molar-refractivity contribution < 1.29 is 9.59 Å². The number of piperidine rings is 1. The van der Waals surface area contributed by atoms with Gasteiger partial charge in [-0.05, 0) is 50.9 Å². The molecule has 0 unspecified atom stereocenters. The molecule has 1 aliphatic heterocycles. The molecule has 1 saturated heterocycles. The van der Waals surface area contributed by atoms with Gasteiger partial charge >= 0.3 is 6.03 Å². The number of carbonyl (C=O) groups excluding carboxylic acids is 2. The van der Waals surface area contributed by atoms with Gasteiger partial charge in [-0.1, -0.05) is 25.7 Å². The first-order valence-corrected chi connectivity index (χ1v) is 11.7. The molecule has 7 heteroatoms. The lowest BCUT2D eigenvalue weighted by Crippen LogP contribution is -2.52. The van der Waals surface area contributed by atoms with Crippen LogP contribution in [0.3, 0.4) is 0 Å². The van der Waals surface area contributed by atoms with Crippen LogP contribution in [0.15, 0.2) is 5.51 Å². The predicted octanol–water partition coefficient (Wildman–Crippen LogP) is 3.71. The molecule has 2 heterocycles. The highest BCUT2D eigenvalue weighted by Crippen LogP contribution is 2.40. The first-order valence-electron chi connectivity index (χ1n) is 10.9. The maximum atomic E-state index is 12.7. The number of fused-ring (bicyclic) bond motifs is 1. The molecular weight excluding hydrogens is 372 g/mol. The fraction of sp³-hybridized carbons (Fsp3) is 0.762. The second kappa shape index (κ2) is 8.80. The van der Waals surface area contributed by atoms with Crippen LogP contribution in [-0.4, -0.2) is 47.0 Å². The SMILES string of the molecule is Cc1ncsc1C(=O)NC1CCN(C(=O)N[C@@H]2CC[C@H]3CCCC[C@@H]3C2)CC1. The zero-order chi connectivity index (χ0) is 19.5. The number of nitrogens with one attached hydrogen (secondary N) is 2. The van der Waals surface area contributed by atoms with Gasteiger partial charge in [-0.25, -0.2) is 9.78 Å². The highest BCUT2D eigenvalue weighted by atomic mass is 32.1. The number of thiazole rings is 1. The Balaban J connectivity index is 1.21. The van der Waals surface area contributed by atoms with Crippen molar-refractivity contribution in [2.45, 2.75) is 76.8 Å². The number of hydrogen-bond donors (Lipinski definition) is 2. The molecule has 0 spiro atoms. The smallest absolute Gasteiger partial charge is 0.317 e. The fourth-order valence-electron chi connectivity index (χ4n) is 5.27. The van der Waals surface area contributed by atoms with E-state index in [-0.39, 0.29) is 18.0 Å². The van der Waals surface area contributed by atoms with Crippen LogP contribution in [0, 0.1) is 18.8 Å². The lowest BCUT2D eigenvalue weighted by molar-refractivity contribution is 0.0919. The van der Waals surface area contributed by atoms with Crippen LogP contribution in [-0.2, 0) is 0 Å². The molecule has 3 aliphatic rings. The van der Waals surface area contributed by atoms with Crippen LogP contribution in [0.4, 0.5) is 4.79 Å². The van der Waals surface area contributed by atoms with Gasteiger partial charge in [-0.3, -0.25) is 4.79 Å². The number of rotatable bonds is 3. The number of aromatic nitrogens is 1. The van der Waals surface area contributed by atoms with Crippen molar-refractivity contribution in [1.82, 2.24) is 20.5 Å². The van der Waals surface area contributed by atoms with Crippen molar-refractivity contribution in [3.63, 3.8) is 0 Å². The average Bonchev–Trinajstić information content (AvgIpc) is 3.14. The largest absolute Gasteiger partial charge is 0.348 e. The topological polar surface area (TPSA) is 74.3 Å². The Morgan fingerprint density at radius 3 is 2.46 bits per heavy atom. The minimum atomic E-state index is -0.0351. The van der Waals surface area contributed by atoms with E-state index in [9.17, 15) is 9.59 Å². The van der Waals surface area contributed by atoms with Gasteiger partial charge in [0, 0.05) is 25.2 Å².